The van der Waals surface area contributed by atoms with Crippen LogP contribution in [-0.2, 0) is 6.54 Å². The molecule has 0 bridgehead atoms. The van der Waals surface area contributed by atoms with Gasteiger partial charge in [0.05, 0.1) is 0 Å². The predicted octanol–water partition coefficient (Wildman–Crippen LogP) is 1.77. The van der Waals surface area contributed by atoms with Crippen LogP contribution in [0.25, 0.3) is 0 Å². The van der Waals surface area contributed by atoms with Gasteiger partial charge in [-0.2, -0.15) is 11.8 Å². The maximum atomic E-state index is 10.9. The average molecular weight is 250 g/mol. The third kappa shape index (κ3) is 3.75. The summed E-state index contributed by atoms with van der Waals surface area (Å²) in [5, 5.41) is 3.55. The van der Waals surface area contributed by atoms with Crippen LogP contribution in [0.4, 0.5) is 0 Å². The normalized spacial score (nSPS) is 20.1. The smallest absolute Gasteiger partial charge is 0.248 e. The van der Waals surface area contributed by atoms with E-state index in [9.17, 15) is 4.79 Å². The largest absolute Gasteiger partial charge is 0.366 e. The molecule has 0 spiro atoms. The van der Waals surface area contributed by atoms with Gasteiger partial charge in [0.1, 0.15) is 0 Å². The van der Waals surface area contributed by atoms with Crippen LogP contribution in [0, 0.1) is 0 Å². The number of rotatable bonds is 4. The molecule has 92 valence electrons. The zero-order valence-corrected chi connectivity index (χ0v) is 10.6. The topological polar surface area (TPSA) is 55.1 Å². The van der Waals surface area contributed by atoms with Crippen LogP contribution < -0.4 is 11.1 Å². The summed E-state index contributed by atoms with van der Waals surface area (Å²) in [6.07, 6.45) is 2.58. The maximum Gasteiger partial charge on any atom is 0.248 e. The van der Waals surface area contributed by atoms with E-state index in [-0.39, 0.29) is 5.91 Å². The van der Waals surface area contributed by atoms with Crippen molar-refractivity contribution in [3.05, 3.63) is 35.4 Å². The van der Waals surface area contributed by atoms with E-state index < -0.39 is 0 Å². The van der Waals surface area contributed by atoms with E-state index in [1.807, 2.05) is 23.9 Å². The Labute approximate surface area is 106 Å². The Kier molecular flexibility index (Phi) is 4.45. The van der Waals surface area contributed by atoms with Crippen LogP contribution >= 0.6 is 11.8 Å². The minimum atomic E-state index is -0.367. The molecule has 0 saturated carbocycles. The molecular weight excluding hydrogens is 232 g/mol. The molecule has 1 saturated heterocycles. The first-order chi connectivity index (χ1) is 8.25. The fraction of sp³-hybridized carbons (Fsp3) is 0.462. The molecule has 1 aromatic carbocycles. The van der Waals surface area contributed by atoms with E-state index in [4.69, 9.17) is 5.73 Å². The van der Waals surface area contributed by atoms with Crippen molar-refractivity contribution < 1.29 is 4.79 Å². The Morgan fingerprint density at radius 1 is 1.41 bits per heavy atom. The second-order valence-electron chi connectivity index (χ2n) is 4.36. The highest BCUT2D eigenvalue weighted by Crippen LogP contribution is 2.17. The molecule has 1 aliphatic rings. The van der Waals surface area contributed by atoms with Gasteiger partial charge in [-0.1, -0.05) is 12.1 Å². The summed E-state index contributed by atoms with van der Waals surface area (Å²) in [6, 6.07) is 8.13. The third-order valence-electron chi connectivity index (χ3n) is 2.99. The molecule has 0 aromatic heterocycles. The Balaban J connectivity index is 1.84. The molecule has 17 heavy (non-hydrogen) atoms. The van der Waals surface area contributed by atoms with Crippen molar-refractivity contribution >= 4 is 17.7 Å². The zero-order valence-electron chi connectivity index (χ0n) is 9.82. The number of carbonyl (C=O) groups is 1. The fourth-order valence-electron chi connectivity index (χ4n) is 1.95. The van der Waals surface area contributed by atoms with Crippen molar-refractivity contribution in [2.75, 3.05) is 11.5 Å². The molecule has 0 radical (unpaired) electrons. The van der Waals surface area contributed by atoms with Crippen LogP contribution in [0.3, 0.4) is 0 Å². The zero-order chi connectivity index (χ0) is 12.1. The number of hydrogen-bond acceptors (Lipinski definition) is 3. The molecule has 1 fully saturated rings. The lowest BCUT2D eigenvalue weighted by molar-refractivity contribution is 0.100. The molecule has 0 aliphatic carbocycles. The lowest BCUT2D eigenvalue weighted by atomic mass is 10.1. The fourth-order valence-corrected chi connectivity index (χ4v) is 3.06. The van der Waals surface area contributed by atoms with Crippen LogP contribution in [-0.4, -0.2) is 23.5 Å². The Morgan fingerprint density at radius 3 is 2.76 bits per heavy atom. The number of amides is 1. The van der Waals surface area contributed by atoms with Crippen molar-refractivity contribution in [2.24, 2.45) is 5.73 Å². The molecule has 3 nitrogen and oxygen atoms in total. The summed E-state index contributed by atoms with van der Waals surface area (Å²) in [5.41, 5.74) is 6.97. The SMILES string of the molecule is NC(=O)c1ccc(CN[C@@H]2CCCSC2)cc1. The van der Waals surface area contributed by atoms with Crippen LogP contribution in [0.15, 0.2) is 24.3 Å². The molecule has 1 aliphatic heterocycles. The highest BCUT2D eigenvalue weighted by Gasteiger charge is 2.12. The van der Waals surface area contributed by atoms with Gasteiger partial charge in [0.25, 0.3) is 0 Å². The number of thioether (sulfide) groups is 1. The second kappa shape index (κ2) is 6.07. The lowest BCUT2D eigenvalue weighted by Crippen LogP contribution is -2.33. The van der Waals surface area contributed by atoms with Gasteiger partial charge in [-0.15, -0.1) is 0 Å². The predicted molar refractivity (Wildman–Crippen MR) is 72.1 cm³/mol. The number of hydrogen-bond donors (Lipinski definition) is 2. The van der Waals surface area contributed by atoms with E-state index in [1.54, 1.807) is 12.1 Å². The standard InChI is InChI=1S/C13H18N2OS/c14-13(16)11-5-3-10(4-6-11)8-15-12-2-1-7-17-9-12/h3-6,12,15H,1-2,7-9H2,(H2,14,16)/t12-/m1/s1. The quantitative estimate of drug-likeness (QED) is 0.856. The van der Waals surface area contributed by atoms with Crippen molar-refractivity contribution in [3.63, 3.8) is 0 Å². The summed E-state index contributed by atoms with van der Waals surface area (Å²) < 4.78 is 0. The van der Waals surface area contributed by atoms with E-state index in [2.05, 4.69) is 5.32 Å². The van der Waals surface area contributed by atoms with Gasteiger partial charge in [0, 0.05) is 23.9 Å². The summed E-state index contributed by atoms with van der Waals surface area (Å²) in [5.74, 6) is 2.14. The highest BCUT2D eigenvalue weighted by molar-refractivity contribution is 7.99. The summed E-state index contributed by atoms with van der Waals surface area (Å²) in [7, 11) is 0. The highest BCUT2D eigenvalue weighted by atomic mass is 32.2. The van der Waals surface area contributed by atoms with Gasteiger partial charge in [0.15, 0.2) is 0 Å². The number of carbonyl (C=O) groups excluding carboxylic acids is 1. The maximum absolute atomic E-state index is 10.9. The number of nitrogens with two attached hydrogens (primary N) is 1. The molecule has 1 aromatic rings. The first kappa shape index (κ1) is 12.5. The van der Waals surface area contributed by atoms with Crippen LogP contribution in [0.2, 0.25) is 0 Å². The van der Waals surface area contributed by atoms with Gasteiger partial charge < -0.3 is 11.1 Å². The number of nitrogens with one attached hydrogen (secondary N) is 1. The molecule has 1 amide bonds. The van der Waals surface area contributed by atoms with Crippen LogP contribution in [0.5, 0.6) is 0 Å². The number of primary amides is 1. The van der Waals surface area contributed by atoms with Crippen molar-refractivity contribution in [1.29, 1.82) is 0 Å². The summed E-state index contributed by atoms with van der Waals surface area (Å²) >= 11 is 2.02. The Hall–Kier alpha value is -1.00. The van der Waals surface area contributed by atoms with E-state index in [0.29, 0.717) is 11.6 Å². The molecule has 2 rings (SSSR count). The molecule has 0 unspecified atom stereocenters. The van der Waals surface area contributed by atoms with Crippen molar-refractivity contribution in [2.45, 2.75) is 25.4 Å². The van der Waals surface area contributed by atoms with Gasteiger partial charge in [-0.3, -0.25) is 4.79 Å². The molecular formula is C13H18N2OS. The second-order valence-corrected chi connectivity index (χ2v) is 5.51. The van der Waals surface area contributed by atoms with Crippen molar-refractivity contribution in [3.8, 4) is 0 Å². The average Bonchev–Trinajstić information content (AvgIpc) is 2.38. The lowest BCUT2D eigenvalue weighted by Gasteiger charge is -2.22. The first-order valence-electron chi connectivity index (χ1n) is 5.95. The molecule has 3 N–H and O–H groups in total. The number of benzene rings is 1. The van der Waals surface area contributed by atoms with E-state index >= 15 is 0 Å². The monoisotopic (exact) mass is 250 g/mol. The van der Waals surface area contributed by atoms with Gasteiger partial charge in [-0.05, 0) is 36.3 Å². The molecule has 4 heteroatoms. The third-order valence-corrected chi connectivity index (χ3v) is 4.21. The van der Waals surface area contributed by atoms with Gasteiger partial charge >= 0.3 is 0 Å². The molecule has 1 heterocycles. The van der Waals surface area contributed by atoms with Crippen LogP contribution in [0.1, 0.15) is 28.8 Å². The summed E-state index contributed by atoms with van der Waals surface area (Å²) in [4.78, 5) is 10.9. The Morgan fingerprint density at radius 2 is 2.18 bits per heavy atom. The van der Waals surface area contributed by atoms with Gasteiger partial charge in [-0.25, -0.2) is 0 Å². The van der Waals surface area contributed by atoms with E-state index in [0.717, 1.165) is 6.54 Å². The minimum Gasteiger partial charge on any atom is -0.366 e. The van der Waals surface area contributed by atoms with Crippen molar-refractivity contribution in [1.82, 2.24) is 5.32 Å². The Bertz CT molecular complexity index is 372. The first-order valence-corrected chi connectivity index (χ1v) is 7.11. The summed E-state index contributed by atoms with van der Waals surface area (Å²) in [6.45, 7) is 0.865. The minimum absolute atomic E-state index is 0.367. The molecule has 1 atom stereocenters. The van der Waals surface area contributed by atoms with Gasteiger partial charge in [0.2, 0.25) is 5.91 Å². The van der Waals surface area contributed by atoms with E-state index in [1.165, 1.54) is 29.9 Å².